The van der Waals surface area contributed by atoms with Crippen molar-refractivity contribution in [3.63, 3.8) is 0 Å². The fourth-order valence-corrected chi connectivity index (χ4v) is 1.32. The topological polar surface area (TPSA) is 32.3 Å². The van der Waals surface area contributed by atoms with Gasteiger partial charge in [-0.3, -0.25) is 4.79 Å². The van der Waals surface area contributed by atoms with Crippen molar-refractivity contribution < 1.29 is 13.6 Å². The molecule has 0 aromatic carbocycles. The third-order valence-electron chi connectivity index (χ3n) is 2.28. The van der Waals surface area contributed by atoms with E-state index >= 15 is 0 Å². The smallest absolute Gasteiger partial charge is 0.267 e. The van der Waals surface area contributed by atoms with Gasteiger partial charge in [-0.1, -0.05) is 0 Å². The lowest BCUT2D eigenvalue weighted by Gasteiger charge is -2.19. The van der Waals surface area contributed by atoms with Crippen LogP contribution in [0, 0.1) is 0 Å². The first-order valence-corrected chi connectivity index (χ1v) is 4.30. The Kier molecular flexibility index (Phi) is 2.85. The second-order valence-electron chi connectivity index (χ2n) is 3.38. The molecule has 1 amide bonds. The Morgan fingerprint density at radius 1 is 1.62 bits per heavy atom. The van der Waals surface area contributed by atoms with E-state index in [4.69, 9.17) is 0 Å². The van der Waals surface area contributed by atoms with E-state index in [-0.39, 0.29) is 24.9 Å². The van der Waals surface area contributed by atoms with Crippen molar-refractivity contribution >= 4 is 5.91 Å². The zero-order chi connectivity index (χ0) is 10.1. The summed E-state index contributed by atoms with van der Waals surface area (Å²) in [5.74, 6) is -2.94. The number of amides is 1. The van der Waals surface area contributed by atoms with Gasteiger partial charge in [0, 0.05) is 13.0 Å². The molecule has 1 N–H and O–H groups in total. The van der Waals surface area contributed by atoms with Crippen LogP contribution in [-0.4, -0.2) is 42.9 Å². The van der Waals surface area contributed by atoms with Crippen LogP contribution in [0.5, 0.6) is 0 Å². The lowest BCUT2D eigenvalue weighted by atomic mass is 10.3. The van der Waals surface area contributed by atoms with E-state index in [0.29, 0.717) is 0 Å². The molecular formula is C8H14F2N2O. The number of carbonyl (C=O) groups excluding carboxylic acids is 1. The number of hydrogen-bond donors (Lipinski definition) is 1. The Bertz CT molecular complexity index is 208. The molecule has 76 valence electrons. The molecule has 0 saturated carbocycles. The standard InChI is InChI=1S/C8H14F2N2O/c1-6(11-2)7(13)12-4-3-8(9,10)5-12/h6,11H,3-5H2,1-2H3. The third-order valence-corrected chi connectivity index (χ3v) is 2.28. The van der Waals surface area contributed by atoms with Crippen LogP contribution < -0.4 is 5.32 Å². The SMILES string of the molecule is CNC(C)C(=O)N1CCC(F)(F)C1. The van der Waals surface area contributed by atoms with Gasteiger partial charge < -0.3 is 10.2 Å². The van der Waals surface area contributed by atoms with Crippen molar-refractivity contribution in [2.24, 2.45) is 0 Å². The van der Waals surface area contributed by atoms with Crippen LogP contribution in [-0.2, 0) is 4.79 Å². The molecule has 13 heavy (non-hydrogen) atoms. The van der Waals surface area contributed by atoms with E-state index in [9.17, 15) is 13.6 Å². The largest absolute Gasteiger partial charge is 0.335 e. The predicted octanol–water partition coefficient (Wildman–Crippen LogP) is 0.462. The minimum Gasteiger partial charge on any atom is -0.335 e. The van der Waals surface area contributed by atoms with Gasteiger partial charge in [0.2, 0.25) is 5.91 Å². The predicted molar refractivity (Wildman–Crippen MR) is 44.7 cm³/mol. The average Bonchev–Trinajstić information content (AvgIpc) is 2.43. The molecule has 0 aromatic rings. The molecule has 0 spiro atoms. The Labute approximate surface area is 76.1 Å². The summed E-state index contributed by atoms with van der Waals surface area (Å²) in [5, 5.41) is 2.73. The fourth-order valence-electron chi connectivity index (χ4n) is 1.32. The normalized spacial score (nSPS) is 23.2. The first-order chi connectivity index (χ1) is 5.96. The number of likely N-dealkylation sites (N-methyl/N-ethyl adjacent to an activating group) is 1. The summed E-state index contributed by atoms with van der Waals surface area (Å²) in [6.45, 7) is 1.40. The highest BCUT2D eigenvalue weighted by Gasteiger charge is 2.40. The maximum Gasteiger partial charge on any atom is 0.267 e. The van der Waals surface area contributed by atoms with Crippen LogP contribution in [0.1, 0.15) is 13.3 Å². The number of nitrogens with one attached hydrogen (secondary N) is 1. The van der Waals surface area contributed by atoms with Crippen molar-refractivity contribution in [3.8, 4) is 0 Å². The number of alkyl halides is 2. The van der Waals surface area contributed by atoms with Gasteiger partial charge in [0.1, 0.15) is 0 Å². The summed E-state index contributed by atoms with van der Waals surface area (Å²) < 4.78 is 25.4. The zero-order valence-electron chi connectivity index (χ0n) is 7.81. The van der Waals surface area contributed by atoms with Crippen LogP contribution in [0.15, 0.2) is 0 Å². The summed E-state index contributed by atoms with van der Waals surface area (Å²) in [5.41, 5.74) is 0. The fraction of sp³-hybridized carbons (Fsp3) is 0.875. The van der Waals surface area contributed by atoms with Gasteiger partial charge in [-0.2, -0.15) is 0 Å². The zero-order valence-corrected chi connectivity index (χ0v) is 7.81. The molecule has 1 aliphatic rings. The number of carbonyl (C=O) groups is 1. The van der Waals surface area contributed by atoms with E-state index in [0.717, 1.165) is 0 Å². The molecule has 3 nitrogen and oxygen atoms in total. The molecule has 1 saturated heterocycles. The third kappa shape index (κ3) is 2.37. The number of nitrogens with zero attached hydrogens (tertiary/aromatic N) is 1. The second-order valence-corrected chi connectivity index (χ2v) is 3.38. The van der Waals surface area contributed by atoms with Crippen molar-refractivity contribution in [2.45, 2.75) is 25.3 Å². The van der Waals surface area contributed by atoms with Gasteiger partial charge in [0.05, 0.1) is 12.6 Å². The molecule has 1 aliphatic heterocycles. The summed E-state index contributed by atoms with van der Waals surface area (Å²) in [7, 11) is 1.64. The van der Waals surface area contributed by atoms with E-state index < -0.39 is 12.5 Å². The Morgan fingerprint density at radius 2 is 2.23 bits per heavy atom. The molecule has 0 aliphatic carbocycles. The molecule has 1 atom stereocenters. The maximum atomic E-state index is 12.7. The minimum atomic E-state index is -2.69. The van der Waals surface area contributed by atoms with E-state index in [1.165, 1.54) is 4.90 Å². The highest BCUT2D eigenvalue weighted by molar-refractivity contribution is 5.81. The Balaban J connectivity index is 2.51. The van der Waals surface area contributed by atoms with E-state index in [1.54, 1.807) is 14.0 Å². The second kappa shape index (κ2) is 3.57. The number of halogens is 2. The van der Waals surface area contributed by atoms with Gasteiger partial charge in [-0.05, 0) is 14.0 Å². The first-order valence-electron chi connectivity index (χ1n) is 4.30. The van der Waals surface area contributed by atoms with Crippen LogP contribution in [0.2, 0.25) is 0 Å². The molecule has 0 radical (unpaired) electrons. The number of likely N-dealkylation sites (tertiary alicyclic amines) is 1. The van der Waals surface area contributed by atoms with Crippen molar-refractivity contribution in [1.29, 1.82) is 0 Å². The molecule has 0 bridgehead atoms. The van der Waals surface area contributed by atoms with Crippen molar-refractivity contribution in [2.75, 3.05) is 20.1 Å². The van der Waals surface area contributed by atoms with Gasteiger partial charge in [-0.25, -0.2) is 8.78 Å². The Hall–Kier alpha value is -0.710. The van der Waals surface area contributed by atoms with Crippen molar-refractivity contribution in [3.05, 3.63) is 0 Å². The van der Waals surface area contributed by atoms with Gasteiger partial charge in [0.15, 0.2) is 0 Å². The molecule has 0 aromatic heterocycles. The minimum absolute atomic E-state index is 0.165. The molecular weight excluding hydrogens is 178 g/mol. The van der Waals surface area contributed by atoms with E-state index in [1.807, 2.05) is 0 Å². The number of hydrogen-bond acceptors (Lipinski definition) is 2. The maximum absolute atomic E-state index is 12.7. The quantitative estimate of drug-likeness (QED) is 0.689. The molecule has 1 unspecified atom stereocenters. The number of rotatable bonds is 2. The molecule has 1 fully saturated rings. The van der Waals surface area contributed by atoms with Crippen LogP contribution in [0.4, 0.5) is 8.78 Å². The van der Waals surface area contributed by atoms with Gasteiger partial charge in [-0.15, -0.1) is 0 Å². The summed E-state index contributed by atoms with van der Waals surface area (Å²) in [6.07, 6.45) is -0.213. The van der Waals surface area contributed by atoms with Crippen LogP contribution in [0.25, 0.3) is 0 Å². The molecule has 5 heteroatoms. The monoisotopic (exact) mass is 192 g/mol. The van der Waals surface area contributed by atoms with Crippen LogP contribution in [0.3, 0.4) is 0 Å². The molecule has 1 rings (SSSR count). The Morgan fingerprint density at radius 3 is 2.62 bits per heavy atom. The average molecular weight is 192 g/mol. The summed E-state index contributed by atoms with van der Waals surface area (Å²) >= 11 is 0. The highest BCUT2D eigenvalue weighted by Crippen LogP contribution is 2.26. The lowest BCUT2D eigenvalue weighted by Crippen LogP contribution is -2.43. The summed E-state index contributed by atoms with van der Waals surface area (Å²) in [4.78, 5) is 12.6. The van der Waals surface area contributed by atoms with Gasteiger partial charge in [0.25, 0.3) is 5.92 Å². The summed E-state index contributed by atoms with van der Waals surface area (Å²) in [6, 6.07) is -0.381. The highest BCUT2D eigenvalue weighted by atomic mass is 19.3. The van der Waals surface area contributed by atoms with E-state index in [2.05, 4.69) is 5.32 Å². The van der Waals surface area contributed by atoms with Crippen molar-refractivity contribution in [1.82, 2.24) is 10.2 Å². The van der Waals surface area contributed by atoms with Crippen LogP contribution >= 0.6 is 0 Å². The van der Waals surface area contributed by atoms with Gasteiger partial charge >= 0.3 is 0 Å². The first kappa shape index (κ1) is 10.4. The molecule has 1 heterocycles. The lowest BCUT2D eigenvalue weighted by molar-refractivity contribution is -0.133.